The minimum atomic E-state index is 0.460. The van der Waals surface area contributed by atoms with Crippen molar-refractivity contribution in [3.63, 3.8) is 0 Å². The summed E-state index contributed by atoms with van der Waals surface area (Å²) in [7, 11) is 1.56. The summed E-state index contributed by atoms with van der Waals surface area (Å²) >= 11 is 12.1. The second-order valence-corrected chi connectivity index (χ2v) is 3.76. The smallest absolute Gasteiger partial charge is 0.138 e. The van der Waals surface area contributed by atoms with Gasteiger partial charge < -0.3 is 15.8 Å². The molecule has 0 aliphatic rings. The molecule has 0 unspecified atom stereocenters. The first-order chi connectivity index (χ1) is 7.20. The molecule has 0 saturated carbocycles. The van der Waals surface area contributed by atoms with Crippen LogP contribution in [0.2, 0.25) is 10.0 Å². The van der Waals surface area contributed by atoms with Gasteiger partial charge in [-0.05, 0) is 18.1 Å². The predicted molar refractivity (Wildman–Crippen MR) is 63.8 cm³/mol. The molecular weight excluding hydrogens is 235 g/mol. The molecule has 0 saturated heterocycles. The molecule has 0 aliphatic heterocycles. The third-order valence-corrected chi connectivity index (χ3v) is 2.97. The summed E-state index contributed by atoms with van der Waals surface area (Å²) in [5.74, 6) is 0.595. The van der Waals surface area contributed by atoms with Crippen LogP contribution in [0.25, 0.3) is 0 Å². The van der Waals surface area contributed by atoms with Crippen LogP contribution in [0, 0.1) is 0 Å². The summed E-state index contributed by atoms with van der Waals surface area (Å²) in [6.45, 7) is 1.24. The number of benzene rings is 1. The van der Waals surface area contributed by atoms with Gasteiger partial charge in [-0.15, -0.1) is 0 Å². The van der Waals surface area contributed by atoms with E-state index in [1.54, 1.807) is 7.11 Å². The van der Waals surface area contributed by atoms with E-state index in [1.165, 1.54) is 0 Å². The quantitative estimate of drug-likeness (QED) is 0.620. The van der Waals surface area contributed by atoms with Gasteiger partial charge in [0.05, 0.1) is 12.1 Å². The first-order valence-electron chi connectivity index (χ1n) is 4.62. The second-order valence-electron chi connectivity index (χ2n) is 3.01. The van der Waals surface area contributed by atoms with E-state index in [0.717, 1.165) is 18.5 Å². The number of rotatable bonds is 5. The van der Waals surface area contributed by atoms with Crippen LogP contribution in [-0.4, -0.2) is 20.3 Å². The van der Waals surface area contributed by atoms with Gasteiger partial charge in [-0.3, -0.25) is 0 Å². The number of hydrogen-bond donors (Lipinski definition) is 2. The molecule has 15 heavy (non-hydrogen) atoms. The zero-order valence-corrected chi connectivity index (χ0v) is 10.0. The summed E-state index contributed by atoms with van der Waals surface area (Å²) in [4.78, 5) is 0. The Balaban J connectivity index is 2.77. The monoisotopic (exact) mass is 248 g/mol. The van der Waals surface area contributed by atoms with Crippen LogP contribution in [0.15, 0.2) is 12.1 Å². The maximum Gasteiger partial charge on any atom is 0.138 e. The van der Waals surface area contributed by atoms with Crippen LogP contribution >= 0.6 is 23.2 Å². The van der Waals surface area contributed by atoms with Gasteiger partial charge in [-0.25, -0.2) is 0 Å². The maximum atomic E-state index is 6.09. The van der Waals surface area contributed by atoms with Crippen LogP contribution in [0.3, 0.4) is 0 Å². The van der Waals surface area contributed by atoms with Gasteiger partial charge in [0, 0.05) is 13.2 Å². The molecule has 3 nitrogen and oxygen atoms in total. The molecule has 0 aliphatic carbocycles. The molecule has 84 valence electrons. The zero-order chi connectivity index (χ0) is 11.3. The fourth-order valence-corrected chi connectivity index (χ4v) is 1.76. The van der Waals surface area contributed by atoms with E-state index in [2.05, 4.69) is 5.32 Å². The van der Waals surface area contributed by atoms with E-state index < -0.39 is 0 Å². The molecular formula is C10H14Cl2N2O. The number of methoxy groups -OCH3 is 1. The first kappa shape index (κ1) is 12.6. The fourth-order valence-electron chi connectivity index (χ4n) is 1.25. The van der Waals surface area contributed by atoms with Gasteiger partial charge in [-0.2, -0.15) is 0 Å². The molecule has 1 aromatic carbocycles. The molecule has 0 fully saturated rings. The maximum absolute atomic E-state index is 6.09. The molecule has 0 atom stereocenters. The highest BCUT2D eigenvalue weighted by Crippen LogP contribution is 2.34. The Morgan fingerprint density at radius 2 is 2.07 bits per heavy atom. The molecule has 5 heteroatoms. The molecule has 0 radical (unpaired) electrons. The average Bonchev–Trinajstić information content (AvgIpc) is 2.25. The molecule has 0 spiro atoms. The number of ether oxygens (including phenoxy) is 1. The lowest BCUT2D eigenvalue weighted by atomic mass is 10.1. The van der Waals surface area contributed by atoms with E-state index in [4.69, 9.17) is 33.7 Å². The van der Waals surface area contributed by atoms with E-state index in [0.29, 0.717) is 22.5 Å². The molecule has 0 aromatic heterocycles. The molecule has 0 amide bonds. The lowest BCUT2D eigenvalue weighted by molar-refractivity contribution is 0.415. The normalized spacial score (nSPS) is 10.4. The Hall–Kier alpha value is -0.480. The van der Waals surface area contributed by atoms with Gasteiger partial charge in [0.1, 0.15) is 10.8 Å². The van der Waals surface area contributed by atoms with Crippen LogP contribution < -0.4 is 15.8 Å². The topological polar surface area (TPSA) is 47.3 Å². The van der Waals surface area contributed by atoms with Gasteiger partial charge in [0.2, 0.25) is 0 Å². The van der Waals surface area contributed by atoms with Crippen molar-refractivity contribution in [3.05, 3.63) is 27.7 Å². The van der Waals surface area contributed by atoms with Crippen molar-refractivity contribution in [1.82, 2.24) is 5.32 Å². The summed E-state index contributed by atoms with van der Waals surface area (Å²) in [5.41, 5.74) is 6.31. The summed E-state index contributed by atoms with van der Waals surface area (Å²) in [6.07, 6.45) is 0.791. The van der Waals surface area contributed by atoms with Crippen molar-refractivity contribution < 1.29 is 4.74 Å². The fraction of sp³-hybridized carbons (Fsp3) is 0.400. The lowest BCUT2D eigenvalue weighted by Crippen LogP contribution is -2.24. The van der Waals surface area contributed by atoms with Crippen molar-refractivity contribution in [1.29, 1.82) is 0 Å². The molecule has 0 heterocycles. The summed E-state index contributed by atoms with van der Waals surface area (Å²) in [5, 5.41) is 4.03. The van der Waals surface area contributed by atoms with Crippen LogP contribution in [0.4, 0.5) is 0 Å². The minimum absolute atomic E-state index is 0.460. The number of nitrogens with one attached hydrogen (secondary N) is 1. The second kappa shape index (κ2) is 6.18. The van der Waals surface area contributed by atoms with Crippen LogP contribution in [-0.2, 0) is 6.42 Å². The summed E-state index contributed by atoms with van der Waals surface area (Å²) in [6, 6.07) is 3.72. The Morgan fingerprint density at radius 3 is 2.67 bits per heavy atom. The molecule has 0 bridgehead atoms. The first-order valence-corrected chi connectivity index (χ1v) is 5.38. The van der Waals surface area contributed by atoms with Gasteiger partial charge >= 0.3 is 0 Å². The van der Waals surface area contributed by atoms with E-state index in [-0.39, 0.29) is 0 Å². The van der Waals surface area contributed by atoms with E-state index in [1.807, 2.05) is 12.1 Å². The Labute approximate surface area is 99.5 Å². The highest BCUT2D eigenvalue weighted by molar-refractivity contribution is 6.43. The number of halogens is 2. The molecule has 1 aromatic rings. The van der Waals surface area contributed by atoms with Crippen LogP contribution in [0.1, 0.15) is 5.56 Å². The van der Waals surface area contributed by atoms with Crippen molar-refractivity contribution in [2.45, 2.75) is 6.42 Å². The van der Waals surface area contributed by atoms with E-state index >= 15 is 0 Å². The van der Waals surface area contributed by atoms with E-state index in [9.17, 15) is 0 Å². The minimum Gasteiger partial charge on any atom is -0.495 e. The standard InChI is InChI=1S/C10H14Cl2N2O/c1-15-8-3-2-7(4-5-14-6-13)9(11)10(8)12/h2-3,14H,4-6,13H2,1H3. The Bertz CT molecular complexity index is 331. The zero-order valence-electron chi connectivity index (χ0n) is 8.52. The van der Waals surface area contributed by atoms with Crippen molar-refractivity contribution >= 4 is 23.2 Å². The van der Waals surface area contributed by atoms with Crippen molar-refractivity contribution in [2.75, 3.05) is 20.3 Å². The summed E-state index contributed by atoms with van der Waals surface area (Å²) < 4.78 is 5.05. The highest BCUT2D eigenvalue weighted by atomic mass is 35.5. The SMILES string of the molecule is COc1ccc(CCNCN)c(Cl)c1Cl. The number of nitrogens with two attached hydrogens (primary N) is 1. The third-order valence-electron chi connectivity index (χ3n) is 2.06. The van der Waals surface area contributed by atoms with Gasteiger partial charge in [0.25, 0.3) is 0 Å². The molecule has 1 rings (SSSR count). The average molecular weight is 249 g/mol. The highest BCUT2D eigenvalue weighted by Gasteiger charge is 2.09. The van der Waals surface area contributed by atoms with Crippen molar-refractivity contribution in [3.8, 4) is 5.75 Å². The van der Waals surface area contributed by atoms with Gasteiger partial charge in [0.15, 0.2) is 0 Å². The third kappa shape index (κ3) is 3.24. The number of hydrogen-bond acceptors (Lipinski definition) is 3. The van der Waals surface area contributed by atoms with Gasteiger partial charge in [-0.1, -0.05) is 29.3 Å². The Kier molecular flexibility index (Phi) is 5.19. The molecule has 3 N–H and O–H groups in total. The lowest BCUT2D eigenvalue weighted by Gasteiger charge is -2.09. The largest absolute Gasteiger partial charge is 0.495 e. The predicted octanol–water partition coefficient (Wildman–Crippen LogP) is 2.05. The van der Waals surface area contributed by atoms with Crippen LogP contribution in [0.5, 0.6) is 5.75 Å². The van der Waals surface area contributed by atoms with Crippen molar-refractivity contribution in [2.24, 2.45) is 5.73 Å². The Morgan fingerprint density at radius 1 is 1.33 bits per heavy atom.